The fourth-order valence-corrected chi connectivity index (χ4v) is 4.58. The molecular formula is C19H18Cl2N6O. The molecule has 144 valence electrons. The molecule has 0 atom stereocenters. The first-order valence-electron chi connectivity index (χ1n) is 9.32. The fraction of sp³-hybridized carbons (Fsp3) is 0.368. The lowest BCUT2D eigenvalue weighted by Crippen LogP contribution is -2.27. The average Bonchev–Trinajstić information content (AvgIpc) is 3.21. The maximum Gasteiger partial charge on any atom is 0.330 e. The molecule has 0 unspecified atom stereocenters. The van der Waals surface area contributed by atoms with Crippen molar-refractivity contribution in [1.82, 2.24) is 28.7 Å². The second-order valence-corrected chi connectivity index (χ2v) is 8.03. The van der Waals surface area contributed by atoms with Crippen LogP contribution in [0.15, 0.2) is 29.3 Å². The zero-order valence-corrected chi connectivity index (χ0v) is 16.8. The summed E-state index contributed by atoms with van der Waals surface area (Å²) in [6.07, 6.45) is 7.02. The van der Waals surface area contributed by atoms with Crippen LogP contribution in [-0.2, 0) is 7.05 Å². The topological polar surface area (TPSA) is 70.5 Å². The van der Waals surface area contributed by atoms with Crippen LogP contribution in [0.2, 0.25) is 10.2 Å². The number of fused-ring (bicyclic) bond motifs is 2. The molecule has 0 bridgehead atoms. The molecule has 0 N–H and O–H groups in total. The minimum Gasteiger partial charge on any atom is -0.291 e. The molecule has 3 aromatic heterocycles. The number of benzene rings is 1. The molecule has 9 heteroatoms. The van der Waals surface area contributed by atoms with Crippen LogP contribution in [0.3, 0.4) is 0 Å². The highest BCUT2D eigenvalue weighted by atomic mass is 35.5. The Morgan fingerprint density at radius 3 is 2.68 bits per heavy atom. The normalized spacial score (nSPS) is 15.7. The molecule has 5 rings (SSSR count). The first-order chi connectivity index (χ1) is 13.5. The Kier molecular flexibility index (Phi) is 4.17. The van der Waals surface area contributed by atoms with E-state index in [1.54, 1.807) is 33.1 Å². The third-order valence-corrected chi connectivity index (χ3v) is 6.03. The number of rotatable bonds is 2. The minimum absolute atomic E-state index is 0.103. The molecule has 7 nitrogen and oxygen atoms in total. The molecule has 1 fully saturated rings. The van der Waals surface area contributed by atoms with Crippen molar-refractivity contribution < 1.29 is 0 Å². The zero-order valence-electron chi connectivity index (χ0n) is 15.3. The smallest absolute Gasteiger partial charge is 0.291 e. The summed E-state index contributed by atoms with van der Waals surface area (Å²) in [5.74, 6) is 0.373. The Morgan fingerprint density at radius 2 is 1.89 bits per heavy atom. The van der Waals surface area contributed by atoms with Crippen molar-refractivity contribution in [3.05, 3.63) is 45.2 Å². The van der Waals surface area contributed by atoms with Crippen LogP contribution in [0, 0.1) is 0 Å². The Morgan fingerprint density at radius 1 is 1.11 bits per heavy atom. The first-order valence-corrected chi connectivity index (χ1v) is 10.1. The lowest BCUT2D eigenvalue weighted by molar-refractivity contribution is 0.350. The van der Waals surface area contributed by atoms with Crippen molar-refractivity contribution in [3.8, 4) is 5.95 Å². The SMILES string of the molecule is Cn1c(=O)n(C2CCCCC2)c2nc(-n3cnc4ccc(Cl)cc43)nc(Cl)c21. The van der Waals surface area contributed by atoms with E-state index >= 15 is 0 Å². The summed E-state index contributed by atoms with van der Waals surface area (Å²) in [5, 5.41) is 0.846. The summed E-state index contributed by atoms with van der Waals surface area (Å²) >= 11 is 12.7. The molecule has 1 aromatic carbocycles. The van der Waals surface area contributed by atoms with Crippen LogP contribution in [0.25, 0.3) is 28.1 Å². The van der Waals surface area contributed by atoms with E-state index in [0.717, 1.165) is 36.7 Å². The van der Waals surface area contributed by atoms with E-state index in [0.29, 0.717) is 22.1 Å². The van der Waals surface area contributed by atoms with Gasteiger partial charge < -0.3 is 0 Å². The summed E-state index contributed by atoms with van der Waals surface area (Å²) in [5.41, 5.74) is 2.59. The summed E-state index contributed by atoms with van der Waals surface area (Å²) in [6.45, 7) is 0. The van der Waals surface area contributed by atoms with Gasteiger partial charge in [-0.05, 0) is 31.0 Å². The molecule has 0 aliphatic heterocycles. The van der Waals surface area contributed by atoms with Crippen molar-refractivity contribution in [2.24, 2.45) is 7.05 Å². The lowest BCUT2D eigenvalue weighted by atomic mass is 9.95. The van der Waals surface area contributed by atoms with E-state index < -0.39 is 0 Å². The van der Waals surface area contributed by atoms with Gasteiger partial charge in [0.25, 0.3) is 0 Å². The largest absolute Gasteiger partial charge is 0.330 e. The van der Waals surface area contributed by atoms with Crippen LogP contribution >= 0.6 is 23.2 Å². The van der Waals surface area contributed by atoms with Gasteiger partial charge in [-0.15, -0.1) is 0 Å². The van der Waals surface area contributed by atoms with Gasteiger partial charge in [0.2, 0.25) is 5.95 Å². The van der Waals surface area contributed by atoms with Crippen molar-refractivity contribution in [2.45, 2.75) is 38.1 Å². The summed E-state index contributed by atoms with van der Waals surface area (Å²) < 4.78 is 5.08. The highest BCUT2D eigenvalue weighted by molar-refractivity contribution is 6.33. The Labute approximate surface area is 170 Å². The quantitative estimate of drug-likeness (QED) is 0.457. The molecule has 0 radical (unpaired) electrons. The second-order valence-electron chi connectivity index (χ2n) is 7.24. The monoisotopic (exact) mass is 416 g/mol. The van der Waals surface area contributed by atoms with Crippen LogP contribution in [0.4, 0.5) is 0 Å². The molecule has 3 heterocycles. The minimum atomic E-state index is -0.103. The highest BCUT2D eigenvalue weighted by Crippen LogP contribution is 2.31. The maximum atomic E-state index is 13.0. The number of imidazole rings is 2. The Balaban J connectivity index is 1.77. The highest BCUT2D eigenvalue weighted by Gasteiger charge is 2.25. The predicted molar refractivity (Wildman–Crippen MR) is 110 cm³/mol. The van der Waals surface area contributed by atoms with Gasteiger partial charge in [-0.2, -0.15) is 9.97 Å². The third kappa shape index (κ3) is 2.64. The molecule has 4 aromatic rings. The van der Waals surface area contributed by atoms with Gasteiger partial charge >= 0.3 is 5.69 Å². The van der Waals surface area contributed by atoms with Crippen molar-refractivity contribution in [2.75, 3.05) is 0 Å². The van der Waals surface area contributed by atoms with Gasteiger partial charge in [0.15, 0.2) is 10.8 Å². The molecular weight excluding hydrogens is 399 g/mol. The number of hydrogen-bond donors (Lipinski definition) is 0. The molecule has 1 saturated carbocycles. The summed E-state index contributed by atoms with van der Waals surface area (Å²) in [7, 11) is 1.71. The molecule has 0 spiro atoms. The van der Waals surface area contributed by atoms with E-state index in [-0.39, 0.29) is 16.9 Å². The van der Waals surface area contributed by atoms with E-state index in [9.17, 15) is 4.79 Å². The second kappa shape index (κ2) is 6.60. The summed E-state index contributed by atoms with van der Waals surface area (Å²) in [6, 6.07) is 5.58. The molecule has 0 amide bonds. The number of aromatic nitrogens is 6. The van der Waals surface area contributed by atoms with E-state index in [1.165, 1.54) is 6.42 Å². The van der Waals surface area contributed by atoms with Crippen LogP contribution < -0.4 is 5.69 Å². The van der Waals surface area contributed by atoms with Gasteiger partial charge in [-0.1, -0.05) is 42.5 Å². The number of halogens is 2. The van der Waals surface area contributed by atoms with Gasteiger partial charge in [0, 0.05) is 18.1 Å². The maximum absolute atomic E-state index is 13.0. The third-order valence-electron chi connectivity index (χ3n) is 5.53. The zero-order chi connectivity index (χ0) is 19.4. The van der Waals surface area contributed by atoms with Crippen LogP contribution in [-0.4, -0.2) is 28.7 Å². The predicted octanol–water partition coefficient (Wildman–Crippen LogP) is 4.28. The standard InChI is InChI=1S/C19H18Cl2N6O/c1-25-15-16(21)23-18(26-10-22-13-8-7-11(20)9-14(13)26)24-17(15)27(19(25)28)12-5-3-2-4-6-12/h7-10,12H,2-6H2,1H3. The Bertz CT molecular complexity index is 1270. The Hall–Kier alpha value is -2.38. The van der Waals surface area contributed by atoms with E-state index in [2.05, 4.69) is 9.97 Å². The van der Waals surface area contributed by atoms with Crippen molar-refractivity contribution in [1.29, 1.82) is 0 Å². The van der Waals surface area contributed by atoms with Crippen molar-refractivity contribution >= 4 is 45.4 Å². The van der Waals surface area contributed by atoms with Gasteiger partial charge in [-0.25, -0.2) is 9.78 Å². The number of aryl methyl sites for hydroxylation is 1. The molecule has 0 saturated heterocycles. The molecule has 1 aliphatic rings. The van der Waals surface area contributed by atoms with Gasteiger partial charge in [-0.3, -0.25) is 13.7 Å². The van der Waals surface area contributed by atoms with E-state index in [1.807, 2.05) is 12.1 Å². The molecule has 1 aliphatic carbocycles. The first kappa shape index (κ1) is 17.7. The van der Waals surface area contributed by atoms with E-state index in [4.69, 9.17) is 28.2 Å². The summed E-state index contributed by atoms with van der Waals surface area (Å²) in [4.78, 5) is 26.5. The molecule has 28 heavy (non-hydrogen) atoms. The van der Waals surface area contributed by atoms with Crippen LogP contribution in [0.5, 0.6) is 0 Å². The van der Waals surface area contributed by atoms with Gasteiger partial charge in [0.05, 0.1) is 11.0 Å². The average molecular weight is 417 g/mol. The van der Waals surface area contributed by atoms with Crippen LogP contribution in [0.1, 0.15) is 38.1 Å². The fourth-order valence-electron chi connectivity index (χ4n) is 4.13. The number of nitrogens with zero attached hydrogens (tertiary/aromatic N) is 6. The van der Waals surface area contributed by atoms with Gasteiger partial charge in [0.1, 0.15) is 11.8 Å². The number of hydrogen-bond acceptors (Lipinski definition) is 4. The van der Waals surface area contributed by atoms with Crippen molar-refractivity contribution in [3.63, 3.8) is 0 Å². The lowest BCUT2D eigenvalue weighted by Gasteiger charge is -2.22.